The maximum atomic E-state index is 16.3. The third kappa shape index (κ3) is 5.53. The topological polar surface area (TPSA) is 74.8 Å². The number of nitrogens with zero attached hydrogens (tertiary/aromatic N) is 2. The van der Waals surface area contributed by atoms with Gasteiger partial charge in [0.15, 0.2) is 11.6 Å². The Kier molecular flexibility index (Phi) is 9.02. The molecule has 0 unspecified atom stereocenters. The van der Waals surface area contributed by atoms with Crippen molar-refractivity contribution in [2.24, 2.45) is 11.8 Å². The Hall–Kier alpha value is -5.82. The molecule has 1 fully saturated rings. The van der Waals surface area contributed by atoms with Crippen LogP contribution in [-0.2, 0) is 33.5 Å². The first kappa shape index (κ1) is 36.8. The largest absolute Gasteiger partial charge is 0.307 e. The maximum Gasteiger partial charge on any atom is 0.240 e. The van der Waals surface area contributed by atoms with Crippen molar-refractivity contribution in [1.29, 1.82) is 0 Å². The fraction of sp³-hybridized carbons (Fsp3) is 0.184. The van der Waals surface area contributed by atoms with Crippen LogP contribution < -0.4 is 9.80 Å². The van der Waals surface area contributed by atoms with Crippen LogP contribution in [-0.4, -0.2) is 23.4 Å². The van der Waals surface area contributed by atoms with Crippen LogP contribution in [0, 0.1) is 25.7 Å². The molecule has 1 saturated carbocycles. The molecule has 2 heterocycles. The summed E-state index contributed by atoms with van der Waals surface area (Å²) in [7, 11) is 0. The van der Waals surface area contributed by atoms with Crippen LogP contribution in [0.15, 0.2) is 146 Å². The summed E-state index contributed by atoms with van der Waals surface area (Å²) in [4.78, 5) is 67.0. The molecule has 6 aromatic rings. The molecule has 2 amide bonds. The number of rotatable bonds is 8. The number of carbonyl (C=O) groups excluding carboxylic acids is 4. The Morgan fingerprint density at radius 1 is 0.544 bits per heavy atom. The van der Waals surface area contributed by atoms with Crippen molar-refractivity contribution in [2.75, 3.05) is 9.80 Å². The van der Waals surface area contributed by atoms with E-state index in [0.717, 1.165) is 22.3 Å². The average molecular weight is 790 g/mol. The van der Waals surface area contributed by atoms with Gasteiger partial charge in [0, 0.05) is 44.4 Å². The van der Waals surface area contributed by atoms with Crippen molar-refractivity contribution in [1.82, 2.24) is 0 Å². The molecule has 57 heavy (non-hydrogen) atoms. The minimum absolute atomic E-state index is 0.0762. The van der Waals surface area contributed by atoms with Crippen molar-refractivity contribution in [3.8, 4) is 0 Å². The standard InChI is InChI=1S/C49H38Cl2N2O4/c1-30-13-17-34(18-14-30)44(54)40-27-41(45(55)35-19-15-31(2)16-20-35)49(39-26-37(51)22-24-43(39)53(47(49)57)29-33-11-7-4-8-12-33)48(40)38-25-36(50)21-23-42(38)52(46(48)56)28-32-9-5-3-6-10-32/h3-26,40-41H,27-29H2,1-2H3/t40-,41-,48-,49+/m1/s1. The van der Waals surface area contributed by atoms with Gasteiger partial charge in [0.2, 0.25) is 11.8 Å². The molecule has 0 bridgehead atoms. The average Bonchev–Trinajstić information content (AvgIpc) is 3.76. The predicted molar refractivity (Wildman–Crippen MR) is 224 cm³/mol. The van der Waals surface area contributed by atoms with Crippen LogP contribution in [0.5, 0.6) is 0 Å². The lowest BCUT2D eigenvalue weighted by atomic mass is 9.53. The van der Waals surface area contributed by atoms with Crippen molar-refractivity contribution in [2.45, 2.75) is 44.2 Å². The maximum absolute atomic E-state index is 16.3. The molecule has 0 saturated heterocycles. The normalized spacial score (nSPS) is 22.0. The number of anilines is 2. The van der Waals surface area contributed by atoms with Crippen molar-refractivity contribution >= 4 is 58.0 Å². The van der Waals surface area contributed by atoms with Gasteiger partial charge in [-0.3, -0.25) is 19.2 Å². The summed E-state index contributed by atoms with van der Waals surface area (Å²) in [5, 5.41) is 0.677. The van der Waals surface area contributed by atoms with E-state index in [2.05, 4.69) is 0 Å². The second kappa shape index (κ2) is 14.0. The van der Waals surface area contributed by atoms with Gasteiger partial charge in [-0.15, -0.1) is 0 Å². The van der Waals surface area contributed by atoms with Gasteiger partial charge in [0.1, 0.15) is 10.8 Å². The summed E-state index contributed by atoms with van der Waals surface area (Å²) in [5.74, 6) is -3.84. The summed E-state index contributed by atoms with van der Waals surface area (Å²) >= 11 is 13.8. The fourth-order valence-corrected chi connectivity index (χ4v) is 10.2. The SMILES string of the molecule is Cc1ccc(C(=O)[C@H]2C[C@H](C(=O)c3ccc(C)cc3)[C@]3(C(=O)N(Cc4ccccc4)c4ccc(Cl)cc43)[C@]23C(=O)N(Cc2ccccc2)c2ccc(Cl)cc23)cc1. The zero-order valence-corrected chi connectivity index (χ0v) is 32.9. The highest BCUT2D eigenvalue weighted by Gasteiger charge is 2.81. The van der Waals surface area contributed by atoms with Gasteiger partial charge in [-0.2, -0.15) is 0 Å². The molecule has 4 atom stereocenters. The first-order chi connectivity index (χ1) is 27.5. The zero-order valence-electron chi connectivity index (χ0n) is 31.4. The Morgan fingerprint density at radius 3 is 1.28 bits per heavy atom. The Bertz CT molecular complexity index is 2410. The number of Topliss-reactive ketones (excluding diaryl/α,β-unsaturated/α-hetero) is 2. The molecule has 2 aliphatic heterocycles. The zero-order chi connectivity index (χ0) is 39.6. The number of ketones is 2. The van der Waals surface area contributed by atoms with E-state index in [1.54, 1.807) is 70.5 Å². The number of fused-ring (bicyclic) bond motifs is 5. The monoisotopic (exact) mass is 788 g/mol. The van der Waals surface area contributed by atoms with E-state index in [-0.39, 0.29) is 31.1 Å². The van der Waals surface area contributed by atoms with Crippen molar-refractivity contribution in [3.05, 3.63) is 200 Å². The molecular formula is C49H38Cl2N2O4. The smallest absolute Gasteiger partial charge is 0.240 e. The summed E-state index contributed by atoms with van der Waals surface area (Å²) in [5.41, 5.74) is 2.55. The van der Waals surface area contributed by atoms with Crippen LogP contribution >= 0.6 is 23.2 Å². The van der Waals surface area contributed by atoms with Gasteiger partial charge >= 0.3 is 0 Å². The van der Waals surface area contributed by atoms with Crippen LogP contribution in [0.3, 0.4) is 0 Å². The molecule has 6 nitrogen and oxygen atoms in total. The molecule has 0 aromatic heterocycles. The molecule has 0 N–H and O–H groups in total. The molecule has 8 heteroatoms. The van der Waals surface area contributed by atoms with E-state index >= 15 is 19.2 Å². The molecule has 3 aliphatic rings. The number of carbonyl (C=O) groups is 4. The number of benzene rings is 6. The lowest BCUT2D eigenvalue weighted by Crippen LogP contribution is -2.63. The third-order valence-electron chi connectivity index (χ3n) is 12.3. The van der Waals surface area contributed by atoms with E-state index in [0.29, 0.717) is 43.7 Å². The summed E-state index contributed by atoms with van der Waals surface area (Å²) in [6.07, 6.45) is -0.0762. The number of amides is 2. The number of halogens is 2. The van der Waals surface area contributed by atoms with E-state index in [9.17, 15) is 0 Å². The molecule has 282 valence electrons. The second-order valence-electron chi connectivity index (χ2n) is 15.5. The van der Waals surface area contributed by atoms with Crippen molar-refractivity contribution < 1.29 is 19.2 Å². The number of hydrogen-bond donors (Lipinski definition) is 0. The number of hydrogen-bond acceptors (Lipinski definition) is 4. The van der Waals surface area contributed by atoms with E-state index in [1.807, 2.05) is 98.8 Å². The first-order valence-corrected chi connectivity index (χ1v) is 19.8. The lowest BCUT2D eigenvalue weighted by Gasteiger charge is -2.44. The Labute approximate surface area is 341 Å². The molecular weight excluding hydrogens is 751 g/mol. The molecule has 2 spiro atoms. The summed E-state index contributed by atoms with van der Waals surface area (Å²) < 4.78 is 0. The van der Waals surface area contributed by atoms with Gasteiger partial charge in [-0.05, 0) is 78.9 Å². The highest BCUT2D eigenvalue weighted by atomic mass is 35.5. The van der Waals surface area contributed by atoms with Gasteiger partial charge < -0.3 is 9.80 Å². The first-order valence-electron chi connectivity index (χ1n) is 19.1. The molecule has 0 radical (unpaired) electrons. The van der Waals surface area contributed by atoms with Crippen molar-refractivity contribution in [3.63, 3.8) is 0 Å². The van der Waals surface area contributed by atoms with Gasteiger partial charge in [-0.25, -0.2) is 0 Å². The second-order valence-corrected chi connectivity index (χ2v) is 16.4. The highest BCUT2D eigenvalue weighted by Crippen LogP contribution is 2.71. The van der Waals surface area contributed by atoms with Crippen LogP contribution in [0.4, 0.5) is 11.4 Å². The molecule has 9 rings (SSSR count). The molecule has 1 aliphatic carbocycles. The summed E-state index contributed by atoms with van der Waals surface area (Å²) in [6, 6.07) is 44.2. The van der Waals surface area contributed by atoms with Crippen LogP contribution in [0.25, 0.3) is 0 Å². The Balaban J connectivity index is 1.39. The minimum Gasteiger partial charge on any atom is -0.307 e. The number of aryl methyl sites for hydroxylation is 2. The summed E-state index contributed by atoms with van der Waals surface area (Å²) in [6.45, 7) is 4.21. The van der Waals surface area contributed by atoms with E-state index < -0.39 is 34.5 Å². The highest BCUT2D eigenvalue weighted by molar-refractivity contribution is 6.32. The minimum atomic E-state index is -1.92. The quantitative estimate of drug-likeness (QED) is 0.144. The Morgan fingerprint density at radius 2 is 0.912 bits per heavy atom. The van der Waals surface area contributed by atoms with Crippen LogP contribution in [0.1, 0.15) is 60.5 Å². The van der Waals surface area contributed by atoms with Gasteiger partial charge in [0.25, 0.3) is 0 Å². The predicted octanol–water partition coefficient (Wildman–Crippen LogP) is 10.3. The fourth-order valence-electron chi connectivity index (χ4n) is 9.86. The molecule has 6 aromatic carbocycles. The van der Waals surface area contributed by atoms with Gasteiger partial charge in [-0.1, -0.05) is 144 Å². The van der Waals surface area contributed by atoms with E-state index in [1.165, 1.54) is 0 Å². The lowest BCUT2D eigenvalue weighted by molar-refractivity contribution is -0.135. The van der Waals surface area contributed by atoms with Gasteiger partial charge in [0.05, 0.1) is 13.1 Å². The van der Waals surface area contributed by atoms with E-state index in [4.69, 9.17) is 23.2 Å². The van der Waals surface area contributed by atoms with Crippen LogP contribution in [0.2, 0.25) is 10.0 Å². The third-order valence-corrected chi connectivity index (χ3v) is 12.8.